The highest BCUT2D eigenvalue weighted by Gasteiger charge is 2.29. The molecule has 7 heteroatoms. The highest BCUT2D eigenvalue weighted by molar-refractivity contribution is 9.10. The van der Waals surface area contributed by atoms with E-state index in [1.54, 1.807) is 0 Å². The quantitative estimate of drug-likeness (QED) is 0.671. The van der Waals surface area contributed by atoms with Crippen LogP contribution in [-0.2, 0) is 17.9 Å². The molecule has 18 heavy (non-hydrogen) atoms. The molecule has 1 aliphatic heterocycles. The van der Waals surface area contributed by atoms with Gasteiger partial charge in [-0.3, -0.25) is 19.8 Å². The van der Waals surface area contributed by atoms with Gasteiger partial charge in [-0.2, -0.15) is 0 Å². The number of hydrogen-bond donors (Lipinski definition) is 1. The van der Waals surface area contributed by atoms with Crippen molar-refractivity contribution in [1.29, 1.82) is 0 Å². The molecule has 0 fully saturated rings. The number of nitro groups is 1. The van der Waals surface area contributed by atoms with E-state index in [9.17, 15) is 14.9 Å². The molecule has 2 rings (SSSR count). The van der Waals surface area contributed by atoms with E-state index >= 15 is 0 Å². The van der Waals surface area contributed by atoms with Crippen molar-refractivity contribution >= 4 is 33.2 Å². The Labute approximate surface area is 112 Å². The Hall–Kier alpha value is -1.47. The Balaban J connectivity index is 2.63. The van der Waals surface area contributed by atoms with E-state index in [0.717, 1.165) is 11.1 Å². The third-order valence-corrected chi connectivity index (χ3v) is 3.54. The fourth-order valence-electron chi connectivity index (χ4n) is 2.13. The largest absolute Gasteiger partial charge is 0.320 e. The van der Waals surface area contributed by atoms with Gasteiger partial charge in [0.2, 0.25) is 5.91 Å². The van der Waals surface area contributed by atoms with E-state index in [1.165, 1.54) is 13.0 Å². The Morgan fingerprint density at radius 2 is 2.11 bits per heavy atom. The third-order valence-electron chi connectivity index (χ3n) is 2.83. The number of hydrogen-bond acceptors (Lipinski definition) is 4. The van der Waals surface area contributed by atoms with Crippen LogP contribution >= 0.6 is 15.9 Å². The van der Waals surface area contributed by atoms with Crippen LogP contribution in [0.3, 0.4) is 0 Å². The Kier molecular flexibility index (Phi) is 3.36. The van der Waals surface area contributed by atoms with E-state index in [4.69, 9.17) is 0 Å². The maximum atomic E-state index is 11.2. The van der Waals surface area contributed by atoms with Gasteiger partial charge in [-0.25, -0.2) is 0 Å². The molecule has 1 aliphatic rings. The van der Waals surface area contributed by atoms with Crippen LogP contribution < -0.4 is 5.32 Å². The van der Waals surface area contributed by atoms with Crippen molar-refractivity contribution in [2.45, 2.75) is 20.0 Å². The van der Waals surface area contributed by atoms with Crippen LogP contribution in [0.25, 0.3) is 0 Å². The van der Waals surface area contributed by atoms with E-state index in [2.05, 4.69) is 21.2 Å². The highest BCUT2D eigenvalue weighted by atomic mass is 79.9. The fourth-order valence-corrected chi connectivity index (χ4v) is 2.71. The summed E-state index contributed by atoms with van der Waals surface area (Å²) in [5.74, 6) is -0.308. The molecule has 0 bridgehead atoms. The molecule has 0 aliphatic carbocycles. The van der Waals surface area contributed by atoms with Crippen LogP contribution in [0.15, 0.2) is 10.5 Å². The lowest BCUT2D eigenvalue weighted by molar-refractivity contribution is -0.384. The third kappa shape index (κ3) is 2.23. The molecular formula is C11H12BrN3O3. The lowest BCUT2D eigenvalue weighted by Crippen LogP contribution is -2.12. The number of benzene rings is 1. The number of amides is 1. The van der Waals surface area contributed by atoms with Crippen LogP contribution in [0.2, 0.25) is 0 Å². The Bertz CT molecular complexity index is 545. The molecular weight excluding hydrogens is 302 g/mol. The summed E-state index contributed by atoms with van der Waals surface area (Å²) in [6.07, 6.45) is 0. The zero-order valence-electron chi connectivity index (χ0n) is 9.99. The van der Waals surface area contributed by atoms with Crippen molar-refractivity contribution in [3.63, 3.8) is 0 Å². The molecule has 0 spiro atoms. The van der Waals surface area contributed by atoms with E-state index in [-0.39, 0.29) is 11.6 Å². The van der Waals surface area contributed by atoms with Crippen molar-refractivity contribution in [3.8, 4) is 0 Å². The van der Waals surface area contributed by atoms with Gasteiger partial charge in [0, 0.05) is 36.1 Å². The van der Waals surface area contributed by atoms with E-state index < -0.39 is 4.92 Å². The first-order chi connectivity index (χ1) is 8.40. The van der Waals surface area contributed by atoms with Gasteiger partial charge >= 0.3 is 0 Å². The number of nitrogens with zero attached hydrogens (tertiary/aromatic N) is 2. The average molecular weight is 314 g/mol. The molecule has 6 nitrogen and oxygen atoms in total. The minimum Gasteiger partial charge on any atom is -0.320 e. The van der Waals surface area contributed by atoms with Crippen LogP contribution in [0.5, 0.6) is 0 Å². The molecule has 1 heterocycles. The first-order valence-electron chi connectivity index (χ1n) is 5.35. The maximum Gasteiger partial charge on any atom is 0.294 e. The lowest BCUT2D eigenvalue weighted by atomic mass is 10.1. The SMILES string of the molecule is CC(=O)Nc1c([N+](=O)[O-])cc(Br)c2c1CN(C)C2. The monoisotopic (exact) mass is 313 g/mol. The van der Waals surface area contributed by atoms with E-state index in [1.807, 2.05) is 11.9 Å². The molecule has 96 valence electrons. The number of carbonyl (C=O) groups is 1. The smallest absolute Gasteiger partial charge is 0.294 e. The topological polar surface area (TPSA) is 75.5 Å². The lowest BCUT2D eigenvalue weighted by Gasteiger charge is -2.10. The summed E-state index contributed by atoms with van der Waals surface area (Å²) in [6, 6.07) is 1.45. The summed E-state index contributed by atoms with van der Waals surface area (Å²) < 4.78 is 0.711. The number of anilines is 1. The summed E-state index contributed by atoms with van der Waals surface area (Å²) in [4.78, 5) is 23.8. The molecule has 1 aromatic carbocycles. The maximum absolute atomic E-state index is 11.2. The van der Waals surface area contributed by atoms with Crippen molar-refractivity contribution < 1.29 is 9.72 Å². The van der Waals surface area contributed by atoms with Gasteiger partial charge in [0.25, 0.3) is 5.69 Å². The van der Waals surface area contributed by atoms with Gasteiger partial charge in [-0.1, -0.05) is 15.9 Å². The molecule has 0 aromatic heterocycles. The average Bonchev–Trinajstić information content (AvgIpc) is 2.63. The molecule has 0 saturated carbocycles. The predicted molar refractivity (Wildman–Crippen MR) is 70.3 cm³/mol. The van der Waals surface area contributed by atoms with Crippen LogP contribution in [0, 0.1) is 10.1 Å². The van der Waals surface area contributed by atoms with Crippen LogP contribution in [0.4, 0.5) is 11.4 Å². The predicted octanol–water partition coefficient (Wildman–Crippen LogP) is 2.26. The van der Waals surface area contributed by atoms with E-state index in [0.29, 0.717) is 23.2 Å². The number of rotatable bonds is 2. The molecule has 0 atom stereocenters. The number of fused-ring (bicyclic) bond motifs is 1. The summed E-state index contributed by atoms with van der Waals surface area (Å²) in [5.41, 5.74) is 2.04. The molecule has 1 N–H and O–H groups in total. The van der Waals surface area contributed by atoms with Gasteiger partial charge in [0.1, 0.15) is 5.69 Å². The first kappa shape index (κ1) is 13.0. The van der Waals surface area contributed by atoms with Crippen LogP contribution in [-0.4, -0.2) is 22.8 Å². The van der Waals surface area contributed by atoms with Crippen molar-refractivity contribution in [2.75, 3.05) is 12.4 Å². The molecule has 1 aromatic rings. The zero-order valence-corrected chi connectivity index (χ0v) is 11.6. The second-order valence-electron chi connectivity index (χ2n) is 4.32. The number of nitrogens with one attached hydrogen (secondary N) is 1. The normalized spacial score (nSPS) is 14.4. The number of nitro benzene ring substituents is 1. The molecule has 0 saturated heterocycles. The molecule has 1 amide bonds. The van der Waals surface area contributed by atoms with Gasteiger partial charge in [0.05, 0.1) is 4.92 Å². The fraction of sp³-hybridized carbons (Fsp3) is 0.364. The minimum absolute atomic E-state index is 0.0777. The second kappa shape index (κ2) is 4.66. The number of carbonyl (C=O) groups excluding carboxylic acids is 1. The zero-order chi connectivity index (χ0) is 13.4. The summed E-state index contributed by atoms with van der Waals surface area (Å²) >= 11 is 3.35. The Morgan fingerprint density at radius 3 is 2.67 bits per heavy atom. The van der Waals surface area contributed by atoms with Gasteiger partial charge in [-0.05, 0) is 12.6 Å². The standard InChI is InChI=1S/C11H12BrN3O3/c1-6(16)13-11-8-5-14(2)4-7(8)9(12)3-10(11)15(17)18/h3H,4-5H2,1-2H3,(H,13,16). The van der Waals surface area contributed by atoms with Crippen molar-refractivity contribution in [3.05, 3.63) is 31.8 Å². The van der Waals surface area contributed by atoms with Gasteiger partial charge in [0.15, 0.2) is 0 Å². The summed E-state index contributed by atoms with van der Waals surface area (Å²) in [7, 11) is 1.93. The second-order valence-corrected chi connectivity index (χ2v) is 5.17. The van der Waals surface area contributed by atoms with Gasteiger partial charge < -0.3 is 5.32 Å². The minimum atomic E-state index is -0.478. The van der Waals surface area contributed by atoms with Crippen LogP contribution in [0.1, 0.15) is 18.1 Å². The summed E-state index contributed by atoms with van der Waals surface area (Å²) in [5, 5.41) is 13.6. The van der Waals surface area contributed by atoms with Gasteiger partial charge in [-0.15, -0.1) is 0 Å². The Morgan fingerprint density at radius 1 is 1.50 bits per heavy atom. The van der Waals surface area contributed by atoms with Crippen molar-refractivity contribution in [2.24, 2.45) is 0 Å². The first-order valence-corrected chi connectivity index (χ1v) is 6.14. The van der Waals surface area contributed by atoms with Crippen molar-refractivity contribution in [1.82, 2.24) is 4.90 Å². The summed E-state index contributed by atoms with van der Waals surface area (Å²) in [6.45, 7) is 2.64. The number of halogens is 1. The molecule has 0 unspecified atom stereocenters. The highest BCUT2D eigenvalue weighted by Crippen LogP contribution is 2.40. The molecule has 0 radical (unpaired) electrons.